The quantitative estimate of drug-likeness (QED) is 0.860. The maximum absolute atomic E-state index is 12.8. The zero-order valence-corrected chi connectivity index (χ0v) is 16.5. The van der Waals surface area contributed by atoms with Gasteiger partial charge in [0, 0.05) is 18.5 Å². The molecule has 1 N–H and O–H groups in total. The molecular weight excluding hydrogens is 374 g/mol. The minimum Gasteiger partial charge on any atom is -0.332 e. The molecule has 1 fully saturated rings. The van der Waals surface area contributed by atoms with E-state index in [4.69, 9.17) is 0 Å². The van der Waals surface area contributed by atoms with Crippen molar-refractivity contribution in [1.29, 1.82) is 0 Å². The average Bonchev–Trinajstić information content (AvgIpc) is 2.96. The van der Waals surface area contributed by atoms with Crippen molar-refractivity contribution in [2.24, 2.45) is 0 Å². The number of hydrogen-bond donors (Lipinski definition) is 1. The minimum absolute atomic E-state index is 0.0760. The summed E-state index contributed by atoms with van der Waals surface area (Å²) in [4.78, 5) is 19.0. The number of pyridine rings is 1. The van der Waals surface area contributed by atoms with Crippen LogP contribution in [0, 0.1) is 0 Å². The van der Waals surface area contributed by atoms with Gasteiger partial charge in [-0.15, -0.1) is 0 Å². The highest BCUT2D eigenvalue weighted by Crippen LogP contribution is 2.38. The van der Waals surface area contributed by atoms with Crippen LogP contribution in [-0.2, 0) is 16.4 Å². The number of urea groups is 1. The molecule has 1 aromatic heterocycles. The van der Waals surface area contributed by atoms with Gasteiger partial charge in [-0.2, -0.15) is 0 Å². The molecule has 1 aromatic carbocycles. The van der Waals surface area contributed by atoms with Gasteiger partial charge in [-0.3, -0.25) is 4.98 Å². The molecule has 2 aliphatic heterocycles. The number of aromatic nitrogens is 1. The third-order valence-electron chi connectivity index (χ3n) is 5.43. The van der Waals surface area contributed by atoms with Crippen LogP contribution < -0.4 is 5.32 Å². The highest BCUT2D eigenvalue weighted by atomic mass is 32.2. The monoisotopic (exact) mass is 397 g/mol. The molecule has 4 rings (SSSR count). The molecule has 3 heterocycles. The van der Waals surface area contributed by atoms with Crippen LogP contribution in [0.15, 0.2) is 59.6 Å². The van der Waals surface area contributed by atoms with E-state index in [0.717, 1.165) is 25.5 Å². The first-order valence-electron chi connectivity index (χ1n) is 9.40. The normalized spacial score (nSPS) is 21.3. The summed E-state index contributed by atoms with van der Waals surface area (Å²) in [6, 6.07) is 13.5. The van der Waals surface area contributed by atoms with Crippen LogP contribution in [0.5, 0.6) is 0 Å². The highest BCUT2D eigenvalue weighted by molar-refractivity contribution is 7.90. The summed E-state index contributed by atoms with van der Waals surface area (Å²) in [7, 11) is -3.39. The van der Waals surface area contributed by atoms with Crippen molar-refractivity contribution < 1.29 is 13.2 Å². The van der Waals surface area contributed by atoms with Gasteiger partial charge in [-0.05, 0) is 42.5 Å². The summed E-state index contributed by atoms with van der Waals surface area (Å²) < 4.78 is 23.8. The summed E-state index contributed by atoms with van der Waals surface area (Å²) >= 11 is 0. The van der Waals surface area contributed by atoms with Crippen LogP contribution in [0.2, 0.25) is 0 Å². The van der Waals surface area contributed by atoms with E-state index < -0.39 is 9.84 Å². The number of hydrogen-bond acceptors (Lipinski definition) is 4. The van der Waals surface area contributed by atoms with Crippen molar-refractivity contribution in [1.82, 2.24) is 15.2 Å². The first-order chi connectivity index (χ1) is 13.4. The number of nitrogens with zero attached hydrogens (tertiary/aromatic N) is 2. The molecule has 2 atom stereocenters. The molecule has 0 saturated carbocycles. The summed E-state index contributed by atoms with van der Waals surface area (Å²) in [5.41, 5.74) is 2.87. The molecule has 146 valence electrons. The molecule has 0 radical (unpaired) electrons. The van der Waals surface area contributed by atoms with Gasteiger partial charge in [0.1, 0.15) is 0 Å². The van der Waals surface area contributed by atoms with E-state index in [1.165, 1.54) is 23.4 Å². The van der Waals surface area contributed by atoms with E-state index in [0.29, 0.717) is 5.69 Å². The molecule has 2 bridgehead atoms. The number of fused-ring (bicyclic) bond motifs is 2. The van der Waals surface area contributed by atoms with Crippen LogP contribution in [0.3, 0.4) is 0 Å². The van der Waals surface area contributed by atoms with E-state index in [2.05, 4.69) is 28.5 Å². The summed E-state index contributed by atoms with van der Waals surface area (Å²) in [6.07, 6.45) is 7.65. The van der Waals surface area contributed by atoms with E-state index in [1.54, 1.807) is 6.07 Å². The van der Waals surface area contributed by atoms with Crippen molar-refractivity contribution in [3.05, 3.63) is 66.0 Å². The van der Waals surface area contributed by atoms with Crippen LogP contribution in [0.1, 0.15) is 30.5 Å². The van der Waals surface area contributed by atoms with Gasteiger partial charge in [0.2, 0.25) is 0 Å². The van der Waals surface area contributed by atoms with E-state index >= 15 is 0 Å². The van der Waals surface area contributed by atoms with Crippen LogP contribution in [0.4, 0.5) is 4.79 Å². The summed E-state index contributed by atoms with van der Waals surface area (Å²) in [5, 5.41) is 2.87. The predicted octanol–water partition coefficient (Wildman–Crippen LogP) is 3.02. The van der Waals surface area contributed by atoms with Gasteiger partial charge >= 0.3 is 6.03 Å². The molecule has 2 unspecified atom stereocenters. The van der Waals surface area contributed by atoms with Crippen molar-refractivity contribution in [3.8, 4) is 0 Å². The maximum atomic E-state index is 12.8. The van der Waals surface area contributed by atoms with Crippen LogP contribution >= 0.6 is 0 Å². The number of rotatable bonds is 4. The van der Waals surface area contributed by atoms with Gasteiger partial charge in [0.05, 0.1) is 23.2 Å². The Morgan fingerprint density at radius 2 is 1.96 bits per heavy atom. The van der Waals surface area contributed by atoms with E-state index in [9.17, 15) is 13.2 Å². The van der Waals surface area contributed by atoms with Gasteiger partial charge in [-0.1, -0.05) is 36.4 Å². The third-order valence-corrected chi connectivity index (χ3v) is 6.60. The Kier molecular flexibility index (Phi) is 4.93. The predicted molar refractivity (Wildman–Crippen MR) is 107 cm³/mol. The number of amides is 2. The first kappa shape index (κ1) is 18.7. The Hall–Kier alpha value is -2.67. The Morgan fingerprint density at radius 1 is 1.18 bits per heavy atom. The summed E-state index contributed by atoms with van der Waals surface area (Å²) in [5.74, 6) is 0. The second-order valence-corrected chi connectivity index (χ2v) is 9.33. The SMILES string of the molecule is CS(=O)(=O)c1cccnc1CNC(=O)N1C2C=C(c3ccccc3)CC1CC2. The second-order valence-electron chi connectivity index (χ2n) is 7.35. The number of sulfone groups is 1. The van der Waals surface area contributed by atoms with Crippen molar-refractivity contribution in [2.45, 2.75) is 42.8 Å². The fourth-order valence-electron chi connectivity index (χ4n) is 4.16. The van der Waals surface area contributed by atoms with Gasteiger partial charge in [0.15, 0.2) is 9.84 Å². The maximum Gasteiger partial charge on any atom is 0.318 e. The molecule has 1 saturated heterocycles. The van der Waals surface area contributed by atoms with E-state index in [1.807, 2.05) is 23.1 Å². The number of carbonyl (C=O) groups excluding carboxylic acids is 1. The molecule has 7 heteroatoms. The fourth-order valence-corrected chi connectivity index (χ4v) is 5.04. The van der Waals surface area contributed by atoms with Gasteiger partial charge < -0.3 is 10.2 Å². The molecule has 0 spiro atoms. The van der Waals surface area contributed by atoms with Gasteiger partial charge in [0.25, 0.3) is 0 Å². The lowest BCUT2D eigenvalue weighted by molar-refractivity contribution is 0.179. The van der Waals surface area contributed by atoms with Crippen molar-refractivity contribution in [2.75, 3.05) is 6.26 Å². The van der Waals surface area contributed by atoms with E-state index in [-0.39, 0.29) is 29.6 Å². The van der Waals surface area contributed by atoms with Gasteiger partial charge in [-0.25, -0.2) is 13.2 Å². The van der Waals surface area contributed by atoms with Crippen molar-refractivity contribution in [3.63, 3.8) is 0 Å². The lowest BCUT2D eigenvalue weighted by atomic mass is 9.95. The molecule has 6 nitrogen and oxygen atoms in total. The fraction of sp³-hybridized carbons (Fsp3) is 0.333. The lowest BCUT2D eigenvalue weighted by Gasteiger charge is -2.34. The van der Waals surface area contributed by atoms with Crippen molar-refractivity contribution >= 4 is 21.4 Å². The topological polar surface area (TPSA) is 79.4 Å². The zero-order valence-electron chi connectivity index (χ0n) is 15.7. The largest absolute Gasteiger partial charge is 0.332 e. The Balaban J connectivity index is 1.48. The average molecular weight is 398 g/mol. The zero-order chi connectivity index (χ0) is 19.7. The van der Waals surface area contributed by atoms with Crippen LogP contribution in [0.25, 0.3) is 5.57 Å². The Morgan fingerprint density at radius 3 is 2.68 bits per heavy atom. The second kappa shape index (κ2) is 7.39. The highest BCUT2D eigenvalue weighted by Gasteiger charge is 2.39. The molecule has 2 aromatic rings. The Labute approximate surface area is 165 Å². The smallest absolute Gasteiger partial charge is 0.318 e. The standard InChI is InChI=1S/C21H23N3O3S/c1-28(26,27)20-8-5-11-22-19(20)14-23-21(25)24-17-9-10-18(24)13-16(12-17)15-6-3-2-4-7-15/h2-8,11-12,17-18H,9-10,13-14H2,1H3,(H,23,25). The first-order valence-corrected chi connectivity index (χ1v) is 11.3. The number of benzene rings is 1. The lowest BCUT2D eigenvalue weighted by Crippen LogP contribution is -2.48. The molecule has 2 amide bonds. The minimum atomic E-state index is -3.39. The summed E-state index contributed by atoms with van der Waals surface area (Å²) in [6.45, 7) is 0.0905. The molecule has 28 heavy (non-hydrogen) atoms. The number of carbonyl (C=O) groups is 1. The molecule has 0 aliphatic carbocycles. The van der Waals surface area contributed by atoms with Crippen LogP contribution in [-0.4, -0.2) is 42.7 Å². The third kappa shape index (κ3) is 3.67. The Bertz CT molecular complexity index is 1020. The molecule has 2 aliphatic rings. The number of nitrogens with one attached hydrogen (secondary N) is 1. The molecular formula is C21H23N3O3S.